The third-order valence-electron chi connectivity index (χ3n) is 10.0. The summed E-state index contributed by atoms with van der Waals surface area (Å²) in [7, 11) is 0. The van der Waals surface area contributed by atoms with Crippen molar-refractivity contribution in [3.05, 3.63) is 29.3 Å². The second-order valence-corrected chi connectivity index (χ2v) is 13.8. The number of halogens is 1. The molecular formula is C30H45ClN4O4. The van der Waals surface area contributed by atoms with Gasteiger partial charge in [-0.05, 0) is 88.7 Å². The number of rotatable bonds is 9. The van der Waals surface area contributed by atoms with E-state index in [1.54, 1.807) is 11.0 Å². The smallest absolute Gasteiger partial charge is 0.241 e. The van der Waals surface area contributed by atoms with Crippen LogP contribution in [0.15, 0.2) is 24.3 Å². The number of hydrogen-bond donors (Lipinski definition) is 4. The quantitative estimate of drug-likeness (QED) is 0.369. The fourth-order valence-electron chi connectivity index (χ4n) is 8.04. The van der Waals surface area contributed by atoms with Gasteiger partial charge < -0.3 is 26.2 Å². The molecule has 39 heavy (non-hydrogen) atoms. The zero-order chi connectivity index (χ0) is 28.1. The second kappa shape index (κ2) is 10.9. The lowest BCUT2D eigenvalue weighted by Gasteiger charge is -2.58. The number of para-hydroxylation sites is 1. The van der Waals surface area contributed by atoms with Gasteiger partial charge >= 0.3 is 0 Å². The van der Waals surface area contributed by atoms with Gasteiger partial charge in [0.15, 0.2) is 0 Å². The summed E-state index contributed by atoms with van der Waals surface area (Å²) in [5, 5.41) is 25.8. The van der Waals surface area contributed by atoms with Crippen LogP contribution in [0.3, 0.4) is 0 Å². The summed E-state index contributed by atoms with van der Waals surface area (Å²) >= 11 is 6.36. The van der Waals surface area contributed by atoms with Crippen LogP contribution >= 0.6 is 11.6 Å². The van der Waals surface area contributed by atoms with Crippen LogP contribution < -0.4 is 16.0 Å². The van der Waals surface area contributed by atoms with E-state index in [2.05, 4.69) is 19.2 Å². The first-order valence-electron chi connectivity index (χ1n) is 14.7. The van der Waals surface area contributed by atoms with E-state index in [-0.39, 0.29) is 42.3 Å². The van der Waals surface area contributed by atoms with Crippen molar-refractivity contribution in [1.82, 2.24) is 10.2 Å². The predicted octanol–water partition coefficient (Wildman–Crippen LogP) is 2.93. The van der Waals surface area contributed by atoms with Crippen LogP contribution in [-0.2, 0) is 9.59 Å². The van der Waals surface area contributed by atoms with Crippen molar-refractivity contribution < 1.29 is 19.8 Å². The first kappa shape index (κ1) is 28.8. The Labute approximate surface area is 237 Å². The summed E-state index contributed by atoms with van der Waals surface area (Å²) in [6.45, 7) is 7.07. The summed E-state index contributed by atoms with van der Waals surface area (Å²) in [5.41, 5.74) is 6.28. The average Bonchev–Trinajstić information content (AvgIpc) is 2.86. The first-order chi connectivity index (χ1) is 18.4. The molecule has 8 nitrogen and oxygen atoms in total. The summed E-state index contributed by atoms with van der Waals surface area (Å²) in [4.78, 5) is 30.2. The molecule has 4 bridgehead atoms. The summed E-state index contributed by atoms with van der Waals surface area (Å²) in [6.07, 6.45) is 4.70. The van der Waals surface area contributed by atoms with E-state index >= 15 is 0 Å². The van der Waals surface area contributed by atoms with Gasteiger partial charge in [0, 0.05) is 36.6 Å². The molecule has 0 radical (unpaired) electrons. The Bertz CT molecular complexity index is 1070. The van der Waals surface area contributed by atoms with Crippen molar-refractivity contribution in [3.63, 3.8) is 0 Å². The van der Waals surface area contributed by atoms with Gasteiger partial charge in [0.25, 0.3) is 0 Å². The van der Waals surface area contributed by atoms with Crippen molar-refractivity contribution >= 4 is 29.1 Å². The number of nitrogens with two attached hydrogens (primary N) is 1. The molecule has 216 valence electrons. The number of aliphatic hydroxyl groups is 2. The van der Waals surface area contributed by atoms with Gasteiger partial charge in [-0.25, -0.2) is 0 Å². The number of benzene rings is 1. The second-order valence-electron chi connectivity index (χ2n) is 13.4. The Hall–Kier alpha value is -1.71. The van der Waals surface area contributed by atoms with E-state index in [4.69, 9.17) is 17.3 Å². The number of anilines is 1. The van der Waals surface area contributed by atoms with Gasteiger partial charge in [-0.1, -0.05) is 30.7 Å². The van der Waals surface area contributed by atoms with E-state index < -0.39 is 17.7 Å². The lowest BCUT2D eigenvalue weighted by atomic mass is 9.52. The van der Waals surface area contributed by atoms with Gasteiger partial charge in [0.05, 0.1) is 29.0 Å². The molecule has 0 spiro atoms. The molecular weight excluding hydrogens is 516 g/mol. The molecule has 1 aromatic carbocycles. The van der Waals surface area contributed by atoms with Crippen LogP contribution in [0.5, 0.6) is 0 Å². The Morgan fingerprint density at radius 3 is 2.49 bits per heavy atom. The summed E-state index contributed by atoms with van der Waals surface area (Å²) in [6, 6.07) is 6.86. The van der Waals surface area contributed by atoms with Crippen LogP contribution in [0.2, 0.25) is 5.02 Å². The highest BCUT2D eigenvalue weighted by Crippen LogP contribution is 2.55. The first-order valence-corrected chi connectivity index (χ1v) is 15.0. The number of aliphatic hydroxyl groups excluding tert-OH is 1. The maximum atomic E-state index is 13.3. The minimum atomic E-state index is -0.868. The number of amides is 2. The van der Waals surface area contributed by atoms with Crippen LogP contribution in [0, 0.1) is 23.7 Å². The molecule has 9 heteroatoms. The van der Waals surface area contributed by atoms with E-state index in [0.717, 1.165) is 32.1 Å². The number of nitrogens with zero attached hydrogens (tertiary/aromatic N) is 2. The summed E-state index contributed by atoms with van der Waals surface area (Å²) in [5.74, 6) is 0.869. The lowest BCUT2D eigenvalue weighted by Crippen LogP contribution is -2.64. The van der Waals surface area contributed by atoms with Gasteiger partial charge in [-0.2, -0.15) is 0 Å². The molecule has 5 N–H and O–H groups in total. The fraction of sp³-hybridized carbons (Fsp3) is 0.733. The van der Waals surface area contributed by atoms with Crippen LogP contribution in [-0.4, -0.2) is 75.9 Å². The molecule has 1 aromatic rings. The highest BCUT2D eigenvalue weighted by molar-refractivity contribution is 6.33. The molecule has 4 saturated carbocycles. The van der Waals surface area contributed by atoms with Crippen molar-refractivity contribution in [2.45, 2.75) is 95.0 Å². The Morgan fingerprint density at radius 2 is 1.87 bits per heavy atom. The normalized spacial score (nSPS) is 34.1. The maximum Gasteiger partial charge on any atom is 0.241 e. The van der Waals surface area contributed by atoms with Crippen LogP contribution in [0.4, 0.5) is 5.69 Å². The molecule has 1 aliphatic heterocycles. The molecule has 4 aliphatic carbocycles. The highest BCUT2D eigenvalue weighted by Gasteiger charge is 2.55. The van der Waals surface area contributed by atoms with Crippen LogP contribution in [0.1, 0.15) is 65.7 Å². The molecule has 1 heterocycles. The molecule has 2 amide bonds. The molecule has 1 saturated heterocycles. The molecule has 3 unspecified atom stereocenters. The SMILES string of the molecule is CC[C@H](C[C@H](O)[C@@H](N)CN1CC(=O)N(c2ccccc2Cl)CC1(C)C)C(=O)NC1[C@@H]2CC3C[C@H]1CC(O)(C3)C2. The van der Waals surface area contributed by atoms with Crippen LogP contribution in [0.25, 0.3) is 0 Å². The summed E-state index contributed by atoms with van der Waals surface area (Å²) < 4.78 is 0. The van der Waals surface area contributed by atoms with Crippen molar-refractivity contribution in [2.75, 3.05) is 24.5 Å². The third kappa shape index (κ3) is 5.87. The minimum absolute atomic E-state index is 0.0166. The van der Waals surface area contributed by atoms with E-state index in [0.29, 0.717) is 48.0 Å². The van der Waals surface area contributed by atoms with E-state index in [1.807, 2.05) is 30.0 Å². The number of carbonyl (C=O) groups is 2. The molecule has 0 aromatic heterocycles. The Kier molecular flexibility index (Phi) is 8.08. The predicted molar refractivity (Wildman–Crippen MR) is 152 cm³/mol. The molecule has 5 fully saturated rings. The number of nitrogens with one attached hydrogen (secondary N) is 1. The van der Waals surface area contributed by atoms with Crippen molar-refractivity contribution in [3.8, 4) is 0 Å². The molecule has 8 atom stereocenters. The minimum Gasteiger partial charge on any atom is -0.391 e. The lowest BCUT2D eigenvalue weighted by molar-refractivity contribution is -0.148. The van der Waals surface area contributed by atoms with Gasteiger partial charge in [0.2, 0.25) is 11.8 Å². The number of carbonyl (C=O) groups excluding carboxylic acids is 2. The van der Waals surface area contributed by atoms with Gasteiger partial charge in [0.1, 0.15) is 0 Å². The average molecular weight is 561 g/mol. The third-order valence-corrected chi connectivity index (χ3v) is 10.4. The standard InChI is InChI=1S/C30H45ClN4O4/c1-4-19(28(38)33-27-20-9-18-10-21(27)14-30(39,12-18)13-20)11-25(36)23(32)15-34-16-26(37)35(17-29(34,2)3)24-8-6-5-7-22(24)31/h5-8,18-21,23,25,27,36,39H,4,9-17,32H2,1-3H3,(H,33,38)/t18?,19-,20-,21+,23+,25+,27?,30?/m1/s1. The Morgan fingerprint density at radius 1 is 1.21 bits per heavy atom. The van der Waals surface area contributed by atoms with E-state index in [9.17, 15) is 19.8 Å². The topological polar surface area (TPSA) is 119 Å². The Balaban J connectivity index is 1.16. The monoisotopic (exact) mass is 560 g/mol. The highest BCUT2D eigenvalue weighted by atomic mass is 35.5. The van der Waals surface area contributed by atoms with Crippen molar-refractivity contribution in [2.24, 2.45) is 29.4 Å². The van der Waals surface area contributed by atoms with Gasteiger partial charge in [-0.3, -0.25) is 14.5 Å². The number of hydrogen-bond acceptors (Lipinski definition) is 6. The molecule has 5 aliphatic rings. The maximum absolute atomic E-state index is 13.3. The fourth-order valence-corrected chi connectivity index (χ4v) is 8.28. The molecule has 6 rings (SSSR count). The van der Waals surface area contributed by atoms with Gasteiger partial charge in [-0.15, -0.1) is 0 Å². The zero-order valence-electron chi connectivity index (χ0n) is 23.5. The number of piperazine rings is 1. The zero-order valence-corrected chi connectivity index (χ0v) is 24.2. The van der Waals surface area contributed by atoms with Crippen molar-refractivity contribution in [1.29, 1.82) is 0 Å². The largest absolute Gasteiger partial charge is 0.391 e. The van der Waals surface area contributed by atoms with E-state index in [1.165, 1.54) is 0 Å².